The second-order valence-electron chi connectivity index (χ2n) is 4.23. The van der Waals surface area contributed by atoms with E-state index in [1.165, 1.54) is 11.3 Å². The molecule has 0 aliphatic carbocycles. The highest BCUT2D eigenvalue weighted by molar-refractivity contribution is 7.14. The maximum Gasteiger partial charge on any atom is 0.265 e. The highest BCUT2D eigenvalue weighted by atomic mass is 35.5. The lowest BCUT2D eigenvalue weighted by atomic mass is 10.3. The van der Waals surface area contributed by atoms with Crippen molar-refractivity contribution < 1.29 is 14.3 Å². The van der Waals surface area contributed by atoms with Crippen molar-refractivity contribution in [1.29, 1.82) is 0 Å². The van der Waals surface area contributed by atoms with Crippen molar-refractivity contribution >= 4 is 39.8 Å². The molecule has 2 aromatic rings. The Labute approximate surface area is 130 Å². The van der Waals surface area contributed by atoms with Crippen LogP contribution in [-0.4, -0.2) is 17.9 Å². The van der Waals surface area contributed by atoms with E-state index < -0.39 is 12.0 Å². The number of anilines is 1. The van der Waals surface area contributed by atoms with Gasteiger partial charge in [-0.3, -0.25) is 9.59 Å². The summed E-state index contributed by atoms with van der Waals surface area (Å²) in [6.45, 7) is 1.61. The summed E-state index contributed by atoms with van der Waals surface area (Å²) in [5.74, 6) is -0.420. The lowest BCUT2D eigenvalue weighted by Crippen LogP contribution is -2.30. The molecule has 1 aromatic carbocycles. The van der Waals surface area contributed by atoms with Crippen molar-refractivity contribution in [3.63, 3.8) is 0 Å². The van der Waals surface area contributed by atoms with Gasteiger partial charge in [0.05, 0.1) is 5.56 Å². The Morgan fingerprint density at radius 2 is 1.95 bits per heavy atom. The Morgan fingerprint density at radius 1 is 1.29 bits per heavy atom. The molecule has 2 amide bonds. The monoisotopic (exact) mass is 324 g/mol. The summed E-state index contributed by atoms with van der Waals surface area (Å²) in [5, 5.41) is 5.31. The molecule has 1 atom stereocenters. The second-order valence-corrected chi connectivity index (χ2v) is 5.58. The maximum absolute atomic E-state index is 12.0. The van der Waals surface area contributed by atoms with Crippen molar-refractivity contribution in [2.24, 2.45) is 5.73 Å². The van der Waals surface area contributed by atoms with Crippen LogP contribution < -0.4 is 15.8 Å². The SMILES string of the molecule is C[C@@H](Oc1ccc(Cl)cc1)C(=O)Nc1sccc1C(N)=O. The van der Waals surface area contributed by atoms with E-state index in [9.17, 15) is 9.59 Å². The van der Waals surface area contributed by atoms with Gasteiger partial charge in [0, 0.05) is 5.02 Å². The fourth-order valence-corrected chi connectivity index (χ4v) is 2.51. The number of hydrogen-bond acceptors (Lipinski definition) is 4. The number of carbonyl (C=O) groups excluding carboxylic acids is 2. The van der Waals surface area contributed by atoms with E-state index in [1.807, 2.05) is 0 Å². The standard InChI is InChI=1S/C14H13ClN2O3S/c1-8(20-10-4-2-9(15)3-5-10)13(19)17-14-11(12(16)18)6-7-21-14/h2-8H,1H3,(H2,16,18)(H,17,19)/t8-/m1/s1. The Balaban J connectivity index is 2.01. The molecule has 0 bridgehead atoms. The summed E-state index contributed by atoms with van der Waals surface area (Å²) in [4.78, 5) is 23.2. The molecule has 0 fully saturated rings. The average molecular weight is 325 g/mol. The Hall–Kier alpha value is -2.05. The molecular formula is C14H13ClN2O3S. The van der Waals surface area contributed by atoms with Crippen LogP contribution in [0.4, 0.5) is 5.00 Å². The van der Waals surface area contributed by atoms with Gasteiger partial charge in [-0.05, 0) is 42.6 Å². The molecule has 0 saturated carbocycles. The second kappa shape index (κ2) is 6.60. The van der Waals surface area contributed by atoms with Gasteiger partial charge in [0.25, 0.3) is 11.8 Å². The van der Waals surface area contributed by atoms with E-state index in [0.717, 1.165) is 0 Å². The molecule has 0 aliphatic rings. The van der Waals surface area contributed by atoms with E-state index in [1.54, 1.807) is 42.6 Å². The first kappa shape index (κ1) is 15.3. The molecule has 0 spiro atoms. The van der Waals surface area contributed by atoms with Crippen LogP contribution in [-0.2, 0) is 4.79 Å². The van der Waals surface area contributed by atoms with Crippen LogP contribution in [0.15, 0.2) is 35.7 Å². The number of ether oxygens (including phenoxy) is 1. The molecule has 5 nitrogen and oxygen atoms in total. The van der Waals surface area contributed by atoms with E-state index in [-0.39, 0.29) is 11.5 Å². The first-order chi connectivity index (χ1) is 9.97. The van der Waals surface area contributed by atoms with Gasteiger partial charge in [0.1, 0.15) is 10.8 Å². The van der Waals surface area contributed by atoms with Crippen LogP contribution in [0, 0.1) is 0 Å². The number of halogens is 1. The Kier molecular flexibility index (Phi) is 4.82. The van der Waals surface area contributed by atoms with E-state index >= 15 is 0 Å². The summed E-state index contributed by atoms with van der Waals surface area (Å²) < 4.78 is 5.50. The highest BCUT2D eigenvalue weighted by Gasteiger charge is 2.18. The van der Waals surface area contributed by atoms with Gasteiger partial charge < -0.3 is 15.8 Å². The van der Waals surface area contributed by atoms with Crippen molar-refractivity contribution in [1.82, 2.24) is 0 Å². The van der Waals surface area contributed by atoms with Gasteiger partial charge in [0.15, 0.2) is 6.10 Å². The van der Waals surface area contributed by atoms with E-state index in [4.69, 9.17) is 22.1 Å². The molecule has 0 aliphatic heterocycles. The number of hydrogen-bond donors (Lipinski definition) is 2. The number of benzene rings is 1. The molecular weight excluding hydrogens is 312 g/mol. The predicted octanol–water partition coefficient (Wildman–Crippen LogP) is 2.91. The fourth-order valence-electron chi connectivity index (χ4n) is 1.58. The quantitative estimate of drug-likeness (QED) is 0.887. The maximum atomic E-state index is 12.0. The summed E-state index contributed by atoms with van der Waals surface area (Å²) in [6, 6.07) is 8.25. The number of nitrogens with two attached hydrogens (primary N) is 1. The summed E-state index contributed by atoms with van der Waals surface area (Å²) in [6.07, 6.45) is -0.728. The largest absolute Gasteiger partial charge is 0.481 e. The number of primary amides is 1. The van der Waals surface area contributed by atoms with Crippen LogP contribution in [0.2, 0.25) is 5.02 Å². The third kappa shape index (κ3) is 3.96. The average Bonchev–Trinajstić information content (AvgIpc) is 2.89. The summed E-state index contributed by atoms with van der Waals surface area (Å²) in [5.41, 5.74) is 5.51. The van der Waals surface area contributed by atoms with Crippen molar-refractivity contribution in [2.45, 2.75) is 13.0 Å². The first-order valence-electron chi connectivity index (χ1n) is 6.07. The lowest BCUT2D eigenvalue weighted by molar-refractivity contribution is -0.122. The number of rotatable bonds is 5. The Morgan fingerprint density at radius 3 is 2.57 bits per heavy atom. The molecule has 2 rings (SSSR count). The van der Waals surface area contributed by atoms with Crippen LogP contribution >= 0.6 is 22.9 Å². The first-order valence-corrected chi connectivity index (χ1v) is 7.33. The van der Waals surface area contributed by atoms with Crippen LogP contribution in [0.1, 0.15) is 17.3 Å². The van der Waals surface area contributed by atoms with Gasteiger partial charge in [-0.15, -0.1) is 11.3 Å². The molecule has 21 heavy (non-hydrogen) atoms. The zero-order valence-corrected chi connectivity index (χ0v) is 12.7. The molecule has 3 N–H and O–H groups in total. The molecule has 110 valence electrons. The van der Waals surface area contributed by atoms with Crippen molar-refractivity contribution in [3.8, 4) is 5.75 Å². The van der Waals surface area contributed by atoms with Crippen molar-refractivity contribution in [2.75, 3.05) is 5.32 Å². The molecule has 1 heterocycles. The highest BCUT2D eigenvalue weighted by Crippen LogP contribution is 2.23. The van der Waals surface area contributed by atoms with Gasteiger partial charge in [-0.25, -0.2) is 0 Å². The van der Waals surface area contributed by atoms with E-state index in [0.29, 0.717) is 15.8 Å². The van der Waals surface area contributed by atoms with Gasteiger partial charge in [-0.1, -0.05) is 11.6 Å². The zero-order chi connectivity index (χ0) is 15.4. The van der Waals surface area contributed by atoms with Gasteiger partial charge in [-0.2, -0.15) is 0 Å². The molecule has 0 unspecified atom stereocenters. The molecule has 7 heteroatoms. The number of carbonyl (C=O) groups is 2. The third-order valence-electron chi connectivity index (χ3n) is 2.66. The smallest absolute Gasteiger partial charge is 0.265 e. The summed E-state index contributed by atoms with van der Waals surface area (Å²) in [7, 11) is 0. The van der Waals surface area contributed by atoms with Crippen molar-refractivity contribution in [3.05, 3.63) is 46.3 Å². The molecule has 0 radical (unpaired) electrons. The third-order valence-corrected chi connectivity index (χ3v) is 3.74. The number of amides is 2. The normalized spacial score (nSPS) is 11.7. The summed E-state index contributed by atoms with van der Waals surface area (Å²) >= 11 is 7.00. The minimum atomic E-state index is -0.728. The molecule has 1 aromatic heterocycles. The fraction of sp³-hybridized carbons (Fsp3) is 0.143. The topological polar surface area (TPSA) is 81.4 Å². The lowest BCUT2D eigenvalue weighted by Gasteiger charge is -2.14. The minimum Gasteiger partial charge on any atom is -0.481 e. The number of thiophene rings is 1. The molecule has 0 saturated heterocycles. The number of nitrogens with one attached hydrogen (secondary N) is 1. The van der Waals surface area contributed by atoms with Gasteiger partial charge >= 0.3 is 0 Å². The van der Waals surface area contributed by atoms with Crippen LogP contribution in [0.25, 0.3) is 0 Å². The Bertz CT molecular complexity index is 654. The van der Waals surface area contributed by atoms with Crippen LogP contribution in [0.3, 0.4) is 0 Å². The van der Waals surface area contributed by atoms with E-state index in [2.05, 4.69) is 5.32 Å². The van der Waals surface area contributed by atoms with Gasteiger partial charge in [0.2, 0.25) is 0 Å². The van der Waals surface area contributed by atoms with Crippen LogP contribution in [0.5, 0.6) is 5.75 Å². The minimum absolute atomic E-state index is 0.284. The predicted molar refractivity (Wildman–Crippen MR) is 83.0 cm³/mol. The zero-order valence-electron chi connectivity index (χ0n) is 11.1.